The molecule has 76 valence electrons. The molecule has 1 rings (SSSR count). The monoisotopic (exact) mass is 252 g/mol. The Morgan fingerprint density at radius 3 is 2.79 bits per heavy atom. The van der Waals surface area contributed by atoms with Crippen molar-refractivity contribution in [2.45, 2.75) is 38.9 Å². The maximum atomic E-state index is 3.50. The van der Waals surface area contributed by atoms with Gasteiger partial charge in [-0.25, -0.2) is 0 Å². The van der Waals surface area contributed by atoms with Crippen LogP contribution in [0.5, 0.6) is 0 Å². The summed E-state index contributed by atoms with van der Waals surface area (Å²) in [7, 11) is 1.23. The third-order valence-electron chi connectivity index (χ3n) is 2.46. The molecule has 0 bridgehead atoms. The average Bonchev–Trinajstić information content (AvgIpc) is 2.18. The van der Waals surface area contributed by atoms with Crippen molar-refractivity contribution in [3.05, 3.63) is 28.7 Å². The lowest BCUT2D eigenvalue weighted by Crippen LogP contribution is -2.12. The van der Waals surface area contributed by atoms with E-state index in [2.05, 4.69) is 47.1 Å². The van der Waals surface area contributed by atoms with Gasteiger partial charge in [-0.15, -0.1) is 0 Å². The molecule has 0 aliphatic heterocycles. The van der Waals surface area contributed by atoms with E-state index in [1.54, 1.807) is 0 Å². The summed E-state index contributed by atoms with van der Waals surface area (Å²) in [6.07, 6.45) is 6.82. The van der Waals surface area contributed by atoms with Crippen LogP contribution in [0.4, 0.5) is 0 Å². The summed E-state index contributed by atoms with van der Waals surface area (Å²) in [5.41, 5.74) is 1.45. The topological polar surface area (TPSA) is 0 Å². The SMILES string of the molecule is CCCCCCBc1cccc(Br)c1. The predicted octanol–water partition coefficient (Wildman–Crippen LogP) is 3.51. The van der Waals surface area contributed by atoms with Crippen LogP contribution in [0, 0.1) is 0 Å². The Morgan fingerprint density at radius 2 is 2.07 bits per heavy atom. The third kappa shape index (κ3) is 4.85. The minimum atomic E-state index is 1.20. The largest absolute Gasteiger partial charge is 0.157 e. The second-order valence-electron chi connectivity index (χ2n) is 3.79. The fraction of sp³-hybridized carbons (Fsp3) is 0.500. The molecular weight excluding hydrogens is 235 g/mol. The number of benzene rings is 1. The van der Waals surface area contributed by atoms with E-state index in [9.17, 15) is 0 Å². The Balaban J connectivity index is 2.18. The van der Waals surface area contributed by atoms with E-state index in [1.807, 2.05) is 0 Å². The van der Waals surface area contributed by atoms with Gasteiger partial charge < -0.3 is 0 Å². The molecule has 0 N–H and O–H groups in total. The van der Waals surface area contributed by atoms with Crippen LogP contribution in [0.3, 0.4) is 0 Å². The van der Waals surface area contributed by atoms with Gasteiger partial charge in [-0.3, -0.25) is 0 Å². The molecule has 0 saturated heterocycles. The van der Waals surface area contributed by atoms with Crippen molar-refractivity contribution in [2.24, 2.45) is 0 Å². The second kappa shape index (κ2) is 7.11. The van der Waals surface area contributed by atoms with Gasteiger partial charge >= 0.3 is 0 Å². The van der Waals surface area contributed by atoms with Gasteiger partial charge in [0.2, 0.25) is 0 Å². The second-order valence-corrected chi connectivity index (χ2v) is 4.71. The highest BCUT2D eigenvalue weighted by molar-refractivity contribution is 9.10. The maximum Gasteiger partial charge on any atom is 0.157 e. The van der Waals surface area contributed by atoms with Crippen LogP contribution in [0.25, 0.3) is 0 Å². The average molecular weight is 253 g/mol. The first-order valence-corrected chi connectivity index (χ1v) is 6.36. The van der Waals surface area contributed by atoms with Gasteiger partial charge in [0.1, 0.15) is 0 Å². The van der Waals surface area contributed by atoms with Crippen LogP contribution in [0.15, 0.2) is 28.7 Å². The lowest BCUT2D eigenvalue weighted by Gasteiger charge is -2.00. The third-order valence-corrected chi connectivity index (χ3v) is 2.95. The molecule has 0 aliphatic rings. The van der Waals surface area contributed by atoms with E-state index < -0.39 is 0 Å². The first-order valence-electron chi connectivity index (χ1n) is 5.57. The van der Waals surface area contributed by atoms with Gasteiger partial charge in [-0.05, 0) is 6.07 Å². The Kier molecular flexibility index (Phi) is 6.01. The minimum absolute atomic E-state index is 1.20. The lowest BCUT2D eigenvalue weighted by molar-refractivity contribution is 0.701. The van der Waals surface area contributed by atoms with Gasteiger partial charge in [0.05, 0.1) is 0 Å². The molecule has 14 heavy (non-hydrogen) atoms. The van der Waals surface area contributed by atoms with E-state index in [4.69, 9.17) is 0 Å². The molecular formula is C12H18BBr. The fourth-order valence-electron chi connectivity index (χ4n) is 1.63. The molecule has 0 heterocycles. The van der Waals surface area contributed by atoms with Crippen LogP contribution in [-0.4, -0.2) is 7.28 Å². The smallest absolute Gasteiger partial charge is 0.0834 e. The van der Waals surface area contributed by atoms with Crippen molar-refractivity contribution < 1.29 is 0 Å². The van der Waals surface area contributed by atoms with Crippen molar-refractivity contribution in [3.8, 4) is 0 Å². The highest BCUT2D eigenvalue weighted by Gasteiger charge is 1.96. The molecule has 0 unspecified atom stereocenters. The lowest BCUT2D eigenvalue weighted by atomic mass is 9.66. The van der Waals surface area contributed by atoms with E-state index in [1.165, 1.54) is 49.2 Å². The van der Waals surface area contributed by atoms with Crippen molar-refractivity contribution in [2.75, 3.05) is 0 Å². The van der Waals surface area contributed by atoms with E-state index in [-0.39, 0.29) is 0 Å². The number of unbranched alkanes of at least 4 members (excludes halogenated alkanes) is 3. The maximum absolute atomic E-state index is 3.50. The highest BCUT2D eigenvalue weighted by atomic mass is 79.9. The van der Waals surface area contributed by atoms with Crippen molar-refractivity contribution in [3.63, 3.8) is 0 Å². The quantitative estimate of drug-likeness (QED) is 0.537. The Bertz CT molecular complexity index is 260. The fourth-order valence-corrected chi connectivity index (χ4v) is 2.07. The van der Waals surface area contributed by atoms with Gasteiger partial charge in [0.15, 0.2) is 7.28 Å². The molecule has 0 atom stereocenters. The van der Waals surface area contributed by atoms with Crippen LogP contribution in [0.1, 0.15) is 32.6 Å². The molecule has 2 heteroatoms. The summed E-state index contributed by atoms with van der Waals surface area (Å²) in [5.74, 6) is 0. The molecule has 0 spiro atoms. The van der Waals surface area contributed by atoms with Gasteiger partial charge in [-0.1, -0.05) is 78.5 Å². The predicted molar refractivity (Wildman–Crippen MR) is 69.9 cm³/mol. The minimum Gasteiger partial charge on any atom is -0.0834 e. The summed E-state index contributed by atoms with van der Waals surface area (Å²) in [4.78, 5) is 0. The normalized spacial score (nSPS) is 10.1. The van der Waals surface area contributed by atoms with Crippen molar-refractivity contribution in [1.82, 2.24) is 0 Å². The standard InChI is InChI=1S/C12H18BBr/c1-2-3-4-5-9-13-11-7-6-8-12(14)10-11/h6-8,10,13H,2-5,9H2,1H3. The molecule has 1 aromatic rings. The summed E-state index contributed by atoms with van der Waals surface area (Å²) in [5, 5.41) is 0. The number of halogens is 1. The zero-order chi connectivity index (χ0) is 10.2. The van der Waals surface area contributed by atoms with Crippen LogP contribution in [-0.2, 0) is 0 Å². The molecule has 0 saturated carbocycles. The van der Waals surface area contributed by atoms with Crippen LogP contribution >= 0.6 is 15.9 Å². The Labute approximate surface area is 96.5 Å². The van der Waals surface area contributed by atoms with E-state index >= 15 is 0 Å². The molecule has 0 amide bonds. The van der Waals surface area contributed by atoms with E-state index in [0.29, 0.717) is 0 Å². The molecule has 0 radical (unpaired) electrons. The van der Waals surface area contributed by atoms with Crippen LogP contribution < -0.4 is 5.46 Å². The summed E-state index contributed by atoms with van der Waals surface area (Å²) in [6.45, 7) is 2.26. The molecule has 0 fully saturated rings. The van der Waals surface area contributed by atoms with Crippen LogP contribution in [0.2, 0.25) is 6.32 Å². The number of hydrogen-bond donors (Lipinski definition) is 0. The number of hydrogen-bond acceptors (Lipinski definition) is 0. The number of rotatable bonds is 6. The Morgan fingerprint density at radius 1 is 1.21 bits per heavy atom. The molecule has 0 nitrogen and oxygen atoms in total. The highest BCUT2D eigenvalue weighted by Crippen LogP contribution is 2.06. The Hall–Kier alpha value is -0.235. The summed E-state index contributed by atoms with van der Waals surface area (Å²) >= 11 is 3.50. The first kappa shape index (κ1) is 11.8. The van der Waals surface area contributed by atoms with Crippen molar-refractivity contribution >= 4 is 28.7 Å². The van der Waals surface area contributed by atoms with Gasteiger partial charge in [0, 0.05) is 4.47 Å². The molecule has 0 aromatic heterocycles. The van der Waals surface area contributed by atoms with Gasteiger partial charge in [0.25, 0.3) is 0 Å². The molecule has 0 aliphatic carbocycles. The zero-order valence-electron chi connectivity index (χ0n) is 8.93. The first-order chi connectivity index (χ1) is 6.83. The summed E-state index contributed by atoms with van der Waals surface area (Å²) < 4.78 is 1.20. The van der Waals surface area contributed by atoms with Crippen molar-refractivity contribution in [1.29, 1.82) is 0 Å². The molecule has 1 aromatic carbocycles. The van der Waals surface area contributed by atoms with Gasteiger partial charge in [-0.2, -0.15) is 0 Å². The van der Waals surface area contributed by atoms with E-state index in [0.717, 1.165) is 0 Å². The zero-order valence-corrected chi connectivity index (χ0v) is 10.5. The summed E-state index contributed by atoms with van der Waals surface area (Å²) in [6, 6.07) is 8.64.